The van der Waals surface area contributed by atoms with Crippen LogP contribution in [-0.2, 0) is 4.74 Å². The average molecular weight is 425 g/mol. The summed E-state index contributed by atoms with van der Waals surface area (Å²) in [4.78, 5) is 13.8. The largest absolute Gasteiger partial charge is 0.491 e. The smallest absolute Gasteiger partial charge is 0.410 e. The molecule has 31 heavy (non-hydrogen) atoms. The number of nitrogens with one attached hydrogen (secondary N) is 1. The van der Waals surface area contributed by atoms with E-state index < -0.39 is 17.0 Å². The molecule has 9 heteroatoms. The fourth-order valence-electron chi connectivity index (χ4n) is 2.97. The third-order valence-electron chi connectivity index (χ3n) is 4.55. The molecule has 1 saturated heterocycles. The number of para-hydroxylation sites is 1. The minimum atomic E-state index is -0.680. The Hall–Kier alpha value is -3.77. The van der Waals surface area contributed by atoms with Gasteiger partial charge in [-0.05, 0) is 51.7 Å². The SMILES string of the molecule is CC(C)(C)OC(=O)N1CCC(COc2cccc(F)c2NC(C#N)=C(C#N)C#N)CC1. The van der Waals surface area contributed by atoms with Crippen LogP contribution in [0, 0.1) is 45.7 Å². The van der Waals surface area contributed by atoms with Crippen LogP contribution in [0.15, 0.2) is 29.5 Å². The van der Waals surface area contributed by atoms with Gasteiger partial charge in [-0.15, -0.1) is 0 Å². The van der Waals surface area contributed by atoms with Crippen molar-refractivity contribution in [2.45, 2.75) is 39.2 Å². The molecule has 1 fully saturated rings. The molecule has 0 spiro atoms. The lowest BCUT2D eigenvalue weighted by Gasteiger charge is -2.33. The van der Waals surface area contributed by atoms with Crippen molar-refractivity contribution in [3.63, 3.8) is 0 Å². The molecule has 8 nitrogen and oxygen atoms in total. The fraction of sp³-hybridized carbons (Fsp3) is 0.455. The summed E-state index contributed by atoms with van der Waals surface area (Å²) in [6.45, 7) is 6.81. The Morgan fingerprint density at radius 1 is 1.19 bits per heavy atom. The van der Waals surface area contributed by atoms with Crippen molar-refractivity contribution < 1.29 is 18.7 Å². The van der Waals surface area contributed by atoms with Gasteiger partial charge in [-0.1, -0.05) is 6.07 Å². The molecule has 0 aromatic heterocycles. The number of piperidine rings is 1. The lowest BCUT2D eigenvalue weighted by Crippen LogP contribution is -2.42. The molecule has 0 saturated carbocycles. The van der Waals surface area contributed by atoms with E-state index in [1.807, 2.05) is 20.8 Å². The second kappa shape index (κ2) is 10.3. The van der Waals surface area contributed by atoms with Crippen molar-refractivity contribution in [3.05, 3.63) is 35.3 Å². The van der Waals surface area contributed by atoms with Crippen LogP contribution in [0.25, 0.3) is 0 Å². The number of ether oxygens (including phenoxy) is 2. The third kappa shape index (κ3) is 6.62. The van der Waals surface area contributed by atoms with Gasteiger partial charge in [-0.25, -0.2) is 9.18 Å². The van der Waals surface area contributed by atoms with Gasteiger partial charge in [0, 0.05) is 13.1 Å². The minimum absolute atomic E-state index is 0.117. The Balaban J connectivity index is 2.02. The number of hydrogen-bond acceptors (Lipinski definition) is 7. The summed E-state index contributed by atoms with van der Waals surface area (Å²) in [6, 6.07) is 9.08. The summed E-state index contributed by atoms with van der Waals surface area (Å²) < 4.78 is 25.5. The normalized spacial score (nSPS) is 13.9. The van der Waals surface area contributed by atoms with Crippen molar-refractivity contribution in [2.24, 2.45) is 5.92 Å². The molecular formula is C22H24FN5O3. The number of halogens is 1. The highest BCUT2D eigenvalue weighted by Crippen LogP contribution is 2.30. The highest BCUT2D eigenvalue weighted by atomic mass is 19.1. The van der Waals surface area contributed by atoms with E-state index in [0.717, 1.165) is 0 Å². The van der Waals surface area contributed by atoms with Gasteiger partial charge in [0.1, 0.15) is 46.8 Å². The average Bonchev–Trinajstić information content (AvgIpc) is 2.72. The predicted molar refractivity (Wildman–Crippen MR) is 110 cm³/mol. The molecule has 1 aromatic carbocycles. The molecule has 0 bridgehead atoms. The van der Waals surface area contributed by atoms with E-state index in [1.165, 1.54) is 18.2 Å². The first-order chi connectivity index (χ1) is 14.7. The second-order valence-corrected chi connectivity index (χ2v) is 8.05. The van der Waals surface area contributed by atoms with E-state index >= 15 is 0 Å². The van der Waals surface area contributed by atoms with E-state index in [1.54, 1.807) is 23.1 Å². The summed E-state index contributed by atoms with van der Waals surface area (Å²) in [5.41, 5.74) is -1.48. The number of benzene rings is 1. The highest BCUT2D eigenvalue weighted by molar-refractivity contribution is 5.68. The summed E-state index contributed by atoms with van der Waals surface area (Å²) in [5.74, 6) is -0.368. The maximum atomic E-state index is 14.4. The van der Waals surface area contributed by atoms with Crippen LogP contribution in [0.3, 0.4) is 0 Å². The Kier molecular flexibility index (Phi) is 7.82. The van der Waals surface area contributed by atoms with Crippen LogP contribution < -0.4 is 10.1 Å². The van der Waals surface area contributed by atoms with Crippen LogP contribution in [0.2, 0.25) is 0 Å². The monoisotopic (exact) mass is 425 g/mol. The molecule has 2 rings (SSSR count). The molecule has 0 atom stereocenters. The summed E-state index contributed by atoms with van der Waals surface area (Å²) in [7, 11) is 0. The maximum absolute atomic E-state index is 14.4. The molecular weight excluding hydrogens is 401 g/mol. The lowest BCUT2D eigenvalue weighted by atomic mass is 9.98. The summed E-state index contributed by atoms with van der Waals surface area (Å²) in [6.07, 6.45) is 1.06. The van der Waals surface area contributed by atoms with Crippen molar-refractivity contribution in [3.8, 4) is 24.0 Å². The lowest BCUT2D eigenvalue weighted by molar-refractivity contribution is 0.0165. The molecule has 1 aliphatic heterocycles. The molecule has 1 N–H and O–H groups in total. The summed E-state index contributed by atoms with van der Waals surface area (Å²) in [5, 5.41) is 29.6. The van der Waals surface area contributed by atoms with Crippen LogP contribution in [0.5, 0.6) is 5.75 Å². The topological polar surface area (TPSA) is 122 Å². The number of hydrogen-bond donors (Lipinski definition) is 1. The van der Waals surface area contributed by atoms with Gasteiger partial charge >= 0.3 is 6.09 Å². The van der Waals surface area contributed by atoms with Gasteiger partial charge < -0.3 is 19.7 Å². The van der Waals surface area contributed by atoms with Crippen LogP contribution in [0.1, 0.15) is 33.6 Å². The van der Waals surface area contributed by atoms with E-state index in [-0.39, 0.29) is 35.8 Å². The Bertz CT molecular complexity index is 955. The number of amides is 1. The first-order valence-electron chi connectivity index (χ1n) is 9.79. The van der Waals surface area contributed by atoms with E-state index in [4.69, 9.17) is 20.0 Å². The molecule has 0 radical (unpaired) electrons. The number of anilines is 1. The predicted octanol–water partition coefficient (Wildman–Crippen LogP) is 4.09. The van der Waals surface area contributed by atoms with Crippen LogP contribution >= 0.6 is 0 Å². The number of nitriles is 3. The van der Waals surface area contributed by atoms with Crippen molar-refractivity contribution >= 4 is 11.8 Å². The molecule has 1 heterocycles. The number of carbonyl (C=O) groups is 1. The second-order valence-electron chi connectivity index (χ2n) is 8.05. The van der Waals surface area contributed by atoms with Gasteiger partial charge in [-0.3, -0.25) is 0 Å². The van der Waals surface area contributed by atoms with Crippen molar-refractivity contribution in [1.29, 1.82) is 15.8 Å². The fourth-order valence-corrected chi connectivity index (χ4v) is 2.97. The van der Waals surface area contributed by atoms with E-state index in [9.17, 15) is 14.4 Å². The number of nitrogens with zero attached hydrogens (tertiary/aromatic N) is 4. The Morgan fingerprint density at radius 2 is 1.84 bits per heavy atom. The molecule has 0 unspecified atom stereocenters. The number of carbonyl (C=O) groups excluding carboxylic acids is 1. The first kappa shape index (κ1) is 23.5. The van der Waals surface area contributed by atoms with Gasteiger partial charge in [-0.2, -0.15) is 15.8 Å². The first-order valence-corrected chi connectivity index (χ1v) is 9.79. The number of likely N-dealkylation sites (tertiary alicyclic amines) is 1. The highest BCUT2D eigenvalue weighted by Gasteiger charge is 2.27. The minimum Gasteiger partial charge on any atom is -0.491 e. The van der Waals surface area contributed by atoms with E-state index in [0.29, 0.717) is 25.9 Å². The Labute approximate surface area is 181 Å². The van der Waals surface area contributed by atoms with Crippen molar-refractivity contribution in [2.75, 3.05) is 25.0 Å². The number of rotatable bonds is 5. The molecule has 1 aliphatic rings. The van der Waals surface area contributed by atoms with Crippen molar-refractivity contribution in [1.82, 2.24) is 4.90 Å². The maximum Gasteiger partial charge on any atom is 0.410 e. The van der Waals surface area contributed by atoms with E-state index in [2.05, 4.69) is 5.32 Å². The molecule has 0 aliphatic carbocycles. The quantitative estimate of drug-likeness (QED) is 0.705. The zero-order valence-corrected chi connectivity index (χ0v) is 17.7. The zero-order valence-electron chi connectivity index (χ0n) is 17.7. The third-order valence-corrected chi connectivity index (χ3v) is 4.55. The molecule has 1 amide bonds. The standard InChI is InChI=1S/C22H24FN5O3/c1-22(2,3)31-21(29)28-9-7-15(8-10-28)14-30-19-6-4-5-17(23)20(19)27-18(13-26)16(11-24)12-25/h4-6,15,27H,7-10,14H2,1-3H3. The molecule has 1 aromatic rings. The number of allylic oxidation sites excluding steroid dienone is 2. The van der Waals surface area contributed by atoms with Gasteiger partial charge in [0.25, 0.3) is 0 Å². The van der Waals surface area contributed by atoms with Crippen LogP contribution in [-0.4, -0.2) is 36.3 Å². The van der Waals surface area contributed by atoms with Gasteiger partial charge in [0.05, 0.1) is 6.61 Å². The van der Waals surface area contributed by atoms with Gasteiger partial charge in [0.15, 0.2) is 5.57 Å². The summed E-state index contributed by atoms with van der Waals surface area (Å²) >= 11 is 0. The Morgan fingerprint density at radius 3 is 2.39 bits per heavy atom. The molecule has 162 valence electrons. The van der Waals surface area contributed by atoms with Gasteiger partial charge in [0.2, 0.25) is 0 Å². The zero-order chi connectivity index (χ0) is 23.0. The van der Waals surface area contributed by atoms with Crippen LogP contribution in [0.4, 0.5) is 14.9 Å².